The van der Waals surface area contributed by atoms with Gasteiger partial charge in [-0.1, -0.05) is 24.8 Å². The van der Waals surface area contributed by atoms with Gasteiger partial charge in [-0.05, 0) is 19.1 Å². The Kier molecular flexibility index (Phi) is 4.41. The number of benzene rings is 1. The summed E-state index contributed by atoms with van der Waals surface area (Å²) in [6, 6.07) is 9.39. The fourth-order valence-corrected chi connectivity index (χ4v) is 1.02. The van der Waals surface area contributed by atoms with Crippen LogP contribution in [0.25, 0.3) is 0 Å². The second kappa shape index (κ2) is 5.86. The minimum Gasteiger partial charge on any atom is -0.487 e. The topological polar surface area (TPSA) is 35.5 Å². The Morgan fingerprint density at radius 2 is 2.13 bits per heavy atom. The molecule has 0 fully saturated rings. The minimum absolute atomic E-state index is 0.170. The first-order chi connectivity index (χ1) is 7.22. The zero-order chi connectivity index (χ0) is 11.1. The van der Waals surface area contributed by atoms with Crippen molar-refractivity contribution in [1.29, 1.82) is 0 Å². The van der Waals surface area contributed by atoms with Crippen molar-refractivity contribution in [2.75, 3.05) is 6.61 Å². The lowest BCUT2D eigenvalue weighted by molar-refractivity contribution is -0.139. The predicted molar refractivity (Wildman–Crippen MR) is 57.7 cm³/mol. The smallest absolute Gasteiger partial charge is 0.330 e. The summed E-state index contributed by atoms with van der Waals surface area (Å²) < 4.78 is 10.3. The van der Waals surface area contributed by atoms with Crippen LogP contribution in [0, 0.1) is 0 Å². The molecule has 3 nitrogen and oxygen atoms in total. The number of para-hydroxylation sites is 1. The van der Waals surface area contributed by atoms with Gasteiger partial charge >= 0.3 is 5.97 Å². The SMILES string of the molecule is C=CC(=O)OCC(C)Oc1ccccc1. The van der Waals surface area contributed by atoms with Crippen molar-refractivity contribution < 1.29 is 14.3 Å². The van der Waals surface area contributed by atoms with Gasteiger partial charge in [0.25, 0.3) is 0 Å². The number of carbonyl (C=O) groups is 1. The van der Waals surface area contributed by atoms with Crippen LogP contribution in [-0.4, -0.2) is 18.7 Å². The van der Waals surface area contributed by atoms with Gasteiger partial charge in [0.2, 0.25) is 0 Å². The molecule has 15 heavy (non-hydrogen) atoms. The Labute approximate surface area is 89.3 Å². The van der Waals surface area contributed by atoms with E-state index in [9.17, 15) is 4.79 Å². The van der Waals surface area contributed by atoms with E-state index < -0.39 is 5.97 Å². The van der Waals surface area contributed by atoms with E-state index in [2.05, 4.69) is 6.58 Å². The quantitative estimate of drug-likeness (QED) is 0.547. The summed E-state index contributed by atoms with van der Waals surface area (Å²) in [5, 5.41) is 0. The summed E-state index contributed by atoms with van der Waals surface area (Å²) in [6.45, 7) is 5.37. The van der Waals surface area contributed by atoms with Gasteiger partial charge in [0, 0.05) is 6.08 Å². The third-order valence-electron chi connectivity index (χ3n) is 1.71. The van der Waals surface area contributed by atoms with Crippen LogP contribution in [0.15, 0.2) is 43.0 Å². The van der Waals surface area contributed by atoms with Crippen LogP contribution in [0.3, 0.4) is 0 Å². The Bertz CT molecular complexity index is 319. The fourth-order valence-electron chi connectivity index (χ4n) is 1.02. The predicted octanol–water partition coefficient (Wildman–Crippen LogP) is 2.18. The van der Waals surface area contributed by atoms with Crippen molar-refractivity contribution in [3.05, 3.63) is 43.0 Å². The molecule has 1 rings (SSSR count). The maximum absolute atomic E-state index is 10.8. The maximum Gasteiger partial charge on any atom is 0.330 e. The van der Waals surface area contributed by atoms with Gasteiger partial charge in [0.05, 0.1) is 0 Å². The molecule has 3 heteroatoms. The molecule has 0 heterocycles. The van der Waals surface area contributed by atoms with Gasteiger partial charge in [0.1, 0.15) is 18.5 Å². The van der Waals surface area contributed by atoms with E-state index >= 15 is 0 Å². The first kappa shape index (κ1) is 11.3. The van der Waals surface area contributed by atoms with E-state index in [1.165, 1.54) is 0 Å². The average molecular weight is 206 g/mol. The van der Waals surface area contributed by atoms with Crippen molar-refractivity contribution >= 4 is 5.97 Å². The van der Waals surface area contributed by atoms with E-state index in [-0.39, 0.29) is 12.7 Å². The Balaban J connectivity index is 2.33. The monoisotopic (exact) mass is 206 g/mol. The highest BCUT2D eigenvalue weighted by Gasteiger charge is 2.05. The second-order valence-corrected chi connectivity index (χ2v) is 3.08. The molecule has 0 bridgehead atoms. The van der Waals surface area contributed by atoms with Crippen LogP contribution in [-0.2, 0) is 9.53 Å². The number of carbonyl (C=O) groups excluding carboxylic acids is 1. The third kappa shape index (κ3) is 4.31. The maximum atomic E-state index is 10.8. The van der Waals surface area contributed by atoms with Crippen LogP contribution < -0.4 is 4.74 Å². The lowest BCUT2D eigenvalue weighted by Gasteiger charge is -2.13. The zero-order valence-electron chi connectivity index (χ0n) is 8.68. The summed E-state index contributed by atoms with van der Waals surface area (Å²) >= 11 is 0. The molecule has 1 unspecified atom stereocenters. The summed E-state index contributed by atoms with van der Waals surface area (Å²) in [5.41, 5.74) is 0. The Hall–Kier alpha value is -1.77. The van der Waals surface area contributed by atoms with E-state index in [0.717, 1.165) is 11.8 Å². The molecular weight excluding hydrogens is 192 g/mol. The number of esters is 1. The van der Waals surface area contributed by atoms with Crippen LogP contribution in [0.4, 0.5) is 0 Å². The molecule has 0 radical (unpaired) electrons. The van der Waals surface area contributed by atoms with E-state index in [1.807, 2.05) is 37.3 Å². The van der Waals surface area contributed by atoms with E-state index in [4.69, 9.17) is 9.47 Å². The van der Waals surface area contributed by atoms with Gasteiger partial charge in [-0.2, -0.15) is 0 Å². The van der Waals surface area contributed by atoms with Crippen molar-refractivity contribution in [2.45, 2.75) is 13.0 Å². The van der Waals surface area contributed by atoms with Gasteiger partial charge in [-0.15, -0.1) is 0 Å². The minimum atomic E-state index is -0.432. The highest BCUT2D eigenvalue weighted by molar-refractivity contribution is 5.81. The standard InChI is InChI=1S/C12H14O3/c1-3-12(13)14-9-10(2)15-11-7-5-4-6-8-11/h3-8,10H,1,9H2,2H3. The molecule has 0 N–H and O–H groups in total. The number of hydrogen-bond donors (Lipinski definition) is 0. The summed E-state index contributed by atoms with van der Waals surface area (Å²) in [6.07, 6.45) is 0.964. The number of ether oxygens (including phenoxy) is 2. The van der Waals surface area contributed by atoms with Crippen LogP contribution >= 0.6 is 0 Å². The van der Waals surface area contributed by atoms with Crippen LogP contribution in [0.5, 0.6) is 5.75 Å². The molecule has 0 aliphatic carbocycles. The fraction of sp³-hybridized carbons (Fsp3) is 0.250. The molecule has 0 aromatic heterocycles. The van der Waals surface area contributed by atoms with Gasteiger partial charge in [-0.3, -0.25) is 0 Å². The lowest BCUT2D eigenvalue weighted by atomic mass is 10.3. The van der Waals surface area contributed by atoms with Crippen LogP contribution in [0.2, 0.25) is 0 Å². The van der Waals surface area contributed by atoms with Gasteiger partial charge in [0.15, 0.2) is 0 Å². The van der Waals surface area contributed by atoms with Crippen LogP contribution in [0.1, 0.15) is 6.92 Å². The van der Waals surface area contributed by atoms with Crippen molar-refractivity contribution in [3.8, 4) is 5.75 Å². The first-order valence-electron chi connectivity index (χ1n) is 4.73. The number of rotatable bonds is 5. The Morgan fingerprint density at radius 1 is 1.47 bits per heavy atom. The first-order valence-corrected chi connectivity index (χ1v) is 4.73. The molecular formula is C12H14O3. The molecule has 0 saturated carbocycles. The molecule has 0 amide bonds. The van der Waals surface area contributed by atoms with Gasteiger partial charge < -0.3 is 9.47 Å². The lowest BCUT2D eigenvalue weighted by Crippen LogP contribution is -2.20. The molecule has 0 saturated heterocycles. The third-order valence-corrected chi connectivity index (χ3v) is 1.71. The van der Waals surface area contributed by atoms with E-state index in [0.29, 0.717) is 0 Å². The second-order valence-electron chi connectivity index (χ2n) is 3.08. The molecule has 0 spiro atoms. The largest absolute Gasteiger partial charge is 0.487 e. The van der Waals surface area contributed by atoms with Crippen molar-refractivity contribution in [3.63, 3.8) is 0 Å². The molecule has 1 aromatic rings. The summed E-state index contributed by atoms with van der Waals surface area (Å²) in [7, 11) is 0. The molecule has 0 aliphatic rings. The van der Waals surface area contributed by atoms with Crippen molar-refractivity contribution in [2.24, 2.45) is 0 Å². The normalized spacial score (nSPS) is 11.5. The highest BCUT2D eigenvalue weighted by Crippen LogP contribution is 2.10. The highest BCUT2D eigenvalue weighted by atomic mass is 16.6. The summed E-state index contributed by atoms with van der Waals surface area (Å²) in [5.74, 6) is 0.332. The summed E-state index contributed by atoms with van der Waals surface area (Å²) in [4.78, 5) is 10.8. The molecule has 1 aromatic carbocycles. The zero-order valence-corrected chi connectivity index (χ0v) is 8.68. The average Bonchev–Trinajstić information content (AvgIpc) is 2.27. The van der Waals surface area contributed by atoms with Gasteiger partial charge in [-0.25, -0.2) is 4.79 Å². The molecule has 0 aliphatic heterocycles. The molecule has 80 valence electrons. The van der Waals surface area contributed by atoms with E-state index in [1.54, 1.807) is 0 Å². The van der Waals surface area contributed by atoms with Crippen molar-refractivity contribution in [1.82, 2.24) is 0 Å². The number of hydrogen-bond acceptors (Lipinski definition) is 3. The Morgan fingerprint density at radius 3 is 2.73 bits per heavy atom. The molecule has 1 atom stereocenters.